The zero-order chi connectivity index (χ0) is 23.1. The van der Waals surface area contributed by atoms with Gasteiger partial charge in [0.15, 0.2) is 6.61 Å². The highest BCUT2D eigenvalue weighted by molar-refractivity contribution is 5.97. The van der Waals surface area contributed by atoms with Gasteiger partial charge in [-0.25, -0.2) is 14.8 Å². The second-order valence-corrected chi connectivity index (χ2v) is 8.09. The highest BCUT2D eigenvalue weighted by Crippen LogP contribution is 2.11. The molecule has 2 aromatic rings. The van der Waals surface area contributed by atoms with E-state index < -0.39 is 12.0 Å². The topological polar surface area (TPSA) is 105 Å². The lowest BCUT2D eigenvalue weighted by Crippen LogP contribution is -2.51. The molecule has 0 bridgehead atoms. The van der Waals surface area contributed by atoms with E-state index in [1.807, 2.05) is 31.7 Å². The highest BCUT2D eigenvalue weighted by atomic mass is 16.5. The fraction of sp³-hybridized carbons (Fsp3) is 0.435. The molecular formula is C23H29N5O4. The third kappa shape index (κ3) is 6.03. The van der Waals surface area contributed by atoms with Crippen LogP contribution in [0.1, 0.15) is 29.8 Å². The van der Waals surface area contributed by atoms with Crippen molar-refractivity contribution in [3.05, 3.63) is 53.9 Å². The Morgan fingerprint density at radius 1 is 1.06 bits per heavy atom. The summed E-state index contributed by atoms with van der Waals surface area (Å²) in [7, 11) is 0. The number of nitrogens with one attached hydrogen (secondary N) is 1. The minimum absolute atomic E-state index is 0.194. The quantitative estimate of drug-likeness (QED) is 0.651. The molecule has 1 fully saturated rings. The Morgan fingerprint density at radius 2 is 1.75 bits per heavy atom. The zero-order valence-electron chi connectivity index (χ0n) is 18.7. The smallest absolute Gasteiger partial charge is 0.329 e. The van der Waals surface area contributed by atoms with Crippen LogP contribution in [-0.4, -0.2) is 71.5 Å². The fourth-order valence-corrected chi connectivity index (χ4v) is 3.43. The van der Waals surface area contributed by atoms with E-state index in [9.17, 15) is 14.4 Å². The van der Waals surface area contributed by atoms with Crippen LogP contribution >= 0.6 is 0 Å². The van der Waals surface area contributed by atoms with Gasteiger partial charge in [0, 0.05) is 44.1 Å². The van der Waals surface area contributed by atoms with E-state index in [-0.39, 0.29) is 24.3 Å². The molecule has 1 aromatic carbocycles. The van der Waals surface area contributed by atoms with Crippen LogP contribution < -0.4 is 10.2 Å². The maximum atomic E-state index is 12.6. The Bertz CT molecular complexity index is 942. The molecule has 3 rings (SSSR count). The minimum Gasteiger partial charge on any atom is -0.454 e. The van der Waals surface area contributed by atoms with E-state index in [1.54, 1.807) is 41.6 Å². The van der Waals surface area contributed by atoms with Crippen LogP contribution in [0.25, 0.3) is 0 Å². The van der Waals surface area contributed by atoms with Gasteiger partial charge in [0.2, 0.25) is 5.95 Å². The second-order valence-electron chi connectivity index (χ2n) is 8.09. The number of anilines is 1. The van der Waals surface area contributed by atoms with Crippen LogP contribution in [0.5, 0.6) is 0 Å². The second kappa shape index (κ2) is 10.7. The van der Waals surface area contributed by atoms with Crippen LogP contribution in [0.4, 0.5) is 5.95 Å². The van der Waals surface area contributed by atoms with Crippen LogP contribution in [0.2, 0.25) is 0 Å². The number of piperazine rings is 1. The number of ether oxygens (including phenoxy) is 1. The molecule has 1 aromatic heterocycles. The lowest BCUT2D eigenvalue weighted by molar-refractivity contribution is -0.154. The lowest BCUT2D eigenvalue weighted by atomic mass is 10.0. The van der Waals surface area contributed by atoms with Crippen molar-refractivity contribution in [2.45, 2.75) is 26.8 Å². The van der Waals surface area contributed by atoms with E-state index in [2.05, 4.69) is 15.3 Å². The van der Waals surface area contributed by atoms with Crippen molar-refractivity contribution in [3.63, 3.8) is 0 Å². The molecule has 2 heterocycles. The van der Waals surface area contributed by atoms with Gasteiger partial charge in [-0.15, -0.1) is 0 Å². The van der Waals surface area contributed by atoms with Crippen molar-refractivity contribution in [1.29, 1.82) is 0 Å². The number of rotatable bonds is 7. The molecular weight excluding hydrogens is 410 g/mol. The summed E-state index contributed by atoms with van der Waals surface area (Å²) in [5, 5.41) is 2.73. The molecule has 0 radical (unpaired) electrons. The number of benzene rings is 1. The van der Waals surface area contributed by atoms with E-state index in [0.717, 1.165) is 5.56 Å². The average molecular weight is 440 g/mol. The molecule has 2 amide bonds. The number of esters is 1. The van der Waals surface area contributed by atoms with Crippen LogP contribution in [0.3, 0.4) is 0 Å². The Morgan fingerprint density at radius 3 is 2.38 bits per heavy atom. The first-order valence-corrected chi connectivity index (χ1v) is 10.7. The Labute approximate surface area is 187 Å². The predicted octanol–water partition coefficient (Wildman–Crippen LogP) is 1.43. The third-order valence-corrected chi connectivity index (χ3v) is 5.29. The van der Waals surface area contributed by atoms with E-state index in [4.69, 9.17) is 4.74 Å². The van der Waals surface area contributed by atoms with Crippen LogP contribution in [0.15, 0.2) is 42.7 Å². The molecule has 1 aliphatic heterocycles. The van der Waals surface area contributed by atoms with Crippen LogP contribution in [0, 0.1) is 12.8 Å². The molecule has 0 unspecified atom stereocenters. The number of aromatic nitrogens is 2. The normalized spacial score (nSPS) is 14.8. The average Bonchev–Trinajstić information content (AvgIpc) is 2.81. The lowest BCUT2D eigenvalue weighted by Gasteiger charge is -2.34. The maximum Gasteiger partial charge on any atom is 0.329 e. The van der Waals surface area contributed by atoms with Gasteiger partial charge in [0.05, 0.1) is 0 Å². The number of amides is 2. The summed E-state index contributed by atoms with van der Waals surface area (Å²) in [6.07, 6.45) is 3.37. The summed E-state index contributed by atoms with van der Waals surface area (Å²) in [5.74, 6) is -0.795. The zero-order valence-corrected chi connectivity index (χ0v) is 18.7. The molecule has 9 heteroatoms. The Hall–Kier alpha value is -3.49. The number of carbonyl (C=O) groups excluding carboxylic acids is 3. The summed E-state index contributed by atoms with van der Waals surface area (Å²) in [5.41, 5.74) is 1.42. The standard InChI is InChI=1S/C23H29N5O4/c1-16(2)20(26-21(30)18-7-4-6-17(3)14-18)22(31)32-15-19(29)27-10-12-28(13-11-27)23-24-8-5-9-25-23/h4-9,14,16,20H,10-13,15H2,1-3H3,(H,26,30)/t20-/m0/s1. The molecule has 0 aliphatic carbocycles. The molecule has 170 valence electrons. The first-order chi connectivity index (χ1) is 15.3. The monoisotopic (exact) mass is 439 g/mol. The van der Waals surface area contributed by atoms with Gasteiger partial charge >= 0.3 is 5.97 Å². The summed E-state index contributed by atoms with van der Waals surface area (Å²) in [4.78, 5) is 49.8. The molecule has 1 aliphatic rings. The molecule has 0 saturated carbocycles. The summed E-state index contributed by atoms with van der Waals surface area (Å²) in [6, 6.07) is 8.03. The van der Waals surface area contributed by atoms with Crippen molar-refractivity contribution in [3.8, 4) is 0 Å². The van der Waals surface area contributed by atoms with Crippen molar-refractivity contribution in [2.24, 2.45) is 5.92 Å². The van der Waals surface area contributed by atoms with Gasteiger partial charge in [-0.3, -0.25) is 9.59 Å². The maximum absolute atomic E-state index is 12.6. The van der Waals surface area contributed by atoms with Gasteiger partial charge in [-0.2, -0.15) is 0 Å². The van der Waals surface area contributed by atoms with Gasteiger partial charge < -0.3 is 19.9 Å². The number of aryl methyl sites for hydroxylation is 1. The first kappa shape index (κ1) is 23.2. The Balaban J connectivity index is 1.49. The number of carbonyl (C=O) groups is 3. The summed E-state index contributed by atoms with van der Waals surface area (Å²) in [6.45, 7) is 7.35. The van der Waals surface area contributed by atoms with Gasteiger partial charge in [0.1, 0.15) is 6.04 Å². The molecule has 1 N–H and O–H groups in total. The van der Waals surface area contributed by atoms with Crippen molar-refractivity contribution >= 4 is 23.7 Å². The summed E-state index contributed by atoms with van der Waals surface area (Å²) < 4.78 is 5.27. The fourth-order valence-electron chi connectivity index (χ4n) is 3.43. The van der Waals surface area contributed by atoms with Gasteiger partial charge in [0.25, 0.3) is 11.8 Å². The number of hydrogen-bond acceptors (Lipinski definition) is 7. The van der Waals surface area contributed by atoms with E-state index in [1.165, 1.54) is 0 Å². The van der Waals surface area contributed by atoms with E-state index in [0.29, 0.717) is 37.7 Å². The molecule has 1 atom stereocenters. The van der Waals surface area contributed by atoms with Gasteiger partial charge in [-0.05, 0) is 31.0 Å². The number of hydrogen-bond donors (Lipinski definition) is 1. The largest absolute Gasteiger partial charge is 0.454 e. The van der Waals surface area contributed by atoms with Crippen molar-refractivity contribution in [2.75, 3.05) is 37.7 Å². The Kier molecular flexibility index (Phi) is 7.75. The first-order valence-electron chi connectivity index (χ1n) is 10.7. The predicted molar refractivity (Wildman–Crippen MR) is 119 cm³/mol. The van der Waals surface area contributed by atoms with Crippen molar-refractivity contribution < 1.29 is 19.1 Å². The molecule has 0 spiro atoms. The third-order valence-electron chi connectivity index (χ3n) is 5.29. The van der Waals surface area contributed by atoms with Crippen molar-refractivity contribution in [1.82, 2.24) is 20.2 Å². The van der Waals surface area contributed by atoms with Gasteiger partial charge in [-0.1, -0.05) is 31.5 Å². The molecule has 1 saturated heterocycles. The molecule has 32 heavy (non-hydrogen) atoms. The number of nitrogens with zero attached hydrogens (tertiary/aromatic N) is 4. The minimum atomic E-state index is -0.845. The summed E-state index contributed by atoms with van der Waals surface area (Å²) >= 11 is 0. The van der Waals surface area contributed by atoms with Crippen LogP contribution in [-0.2, 0) is 14.3 Å². The SMILES string of the molecule is Cc1cccc(C(=O)N[C@H](C(=O)OCC(=O)N2CCN(c3ncccn3)CC2)C(C)C)c1. The highest BCUT2D eigenvalue weighted by Gasteiger charge is 2.28. The molecule has 9 nitrogen and oxygen atoms in total. The van der Waals surface area contributed by atoms with E-state index >= 15 is 0 Å².